The number of rotatable bonds is 4. The van der Waals surface area contributed by atoms with Gasteiger partial charge < -0.3 is 10.0 Å². The maximum absolute atomic E-state index is 9.05. The van der Waals surface area contributed by atoms with Crippen molar-refractivity contribution in [3.05, 3.63) is 59.7 Å². The van der Waals surface area contributed by atoms with Crippen molar-refractivity contribution < 1.29 is 5.11 Å². The Balaban J connectivity index is 1.57. The van der Waals surface area contributed by atoms with Gasteiger partial charge in [-0.2, -0.15) is 0 Å². The van der Waals surface area contributed by atoms with Crippen LogP contribution in [0.15, 0.2) is 58.3 Å². The molecule has 1 N–H and O–H groups in total. The van der Waals surface area contributed by atoms with E-state index in [4.69, 9.17) is 5.11 Å². The van der Waals surface area contributed by atoms with Crippen molar-refractivity contribution in [3.63, 3.8) is 0 Å². The predicted octanol–water partition coefficient (Wildman–Crippen LogP) is 3.44. The first-order valence-electron chi connectivity index (χ1n) is 9.27. The van der Waals surface area contributed by atoms with E-state index in [1.54, 1.807) is 0 Å². The van der Waals surface area contributed by atoms with E-state index in [2.05, 4.69) is 58.3 Å². The summed E-state index contributed by atoms with van der Waals surface area (Å²) in [6.45, 7) is 5.74. The fraction of sp³-hybridized carbons (Fsp3) is 0.429. The summed E-state index contributed by atoms with van der Waals surface area (Å²) in [7, 11) is 0. The van der Waals surface area contributed by atoms with Gasteiger partial charge in [-0.3, -0.25) is 4.90 Å². The van der Waals surface area contributed by atoms with Crippen molar-refractivity contribution in [2.45, 2.75) is 28.7 Å². The molecule has 2 aromatic rings. The van der Waals surface area contributed by atoms with E-state index in [-0.39, 0.29) is 0 Å². The van der Waals surface area contributed by atoms with Crippen molar-refractivity contribution in [3.8, 4) is 0 Å². The van der Waals surface area contributed by atoms with Gasteiger partial charge >= 0.3 is 0 Å². The summed E-state index contributed by atoms with van der Waals surface area (Å²) in [5.74, 6) is 0. The molecule has 2 heterocycles. The lowest BCUT2D eigenvalue weighted by Crippen LogP contribution is -2.48. The molecule has 0 spiro atoms. The molecule has 4 heteroatoms. The van der Waals surface area contributed by atoms with Crippen LogP contribution in [0.4, 0.5) is 0 Å². The van der Waals surface area contributed by atoms with Gasteiger partial charge in [-0.25, -0.2) is 0 Å². The maximum Gasteiger partial charge on any atom is 0.0443 e. The van der Waals surface area contributed by atoms with Crippen molar-refractivity contribution in [2.75, 3.05) is 39.3 Å². The molecule has 1 unspecified atom stereocenters. The lowest BCUT2D eigenvalue weighted by molar-refractivity contribution is 0.0899. The van der Waals surface area contributed by atoms with Crippen molar-refractivity contribution in [1.29, 1.82) is 0 Å². The van der Waals surface area contributed by atoms with E-state index in [1.807, 2.05) is 11.8 Å². The van der Waals surface area contributed by atoms with Crippen molar-refractivity contribution >= 4 is 11.8 Å². The Morgan fingerprint density at radius 3 is 2.44 bits per heavy atom. The summed E-state index contributed by atoms with van der Waals surface area (Å²) in [5, 5.41) is 9.05. The van der Waals surface area contributed by atoms with Gasteiger partial charge in [-0.1, -0.05) is 48.2 Å². The fourth-order valence-electron chi connectivity index (χ4n) is 3.98. The van der Waals surface area contributed by atoms with Gasteiger partial charge in [0.2, 0.25) is 0 Å². The molecule has 0 aliphatic carbocycles. The highest BCUT2D eigenvalue weighted by Crippen LogP contribution is 2.42. The fourth-order valence-corrected chi connectivity index (χ4v) is 5.11. The molecule has 25 heavy (non-hydrogen) atoms. The minimum absolute atomic E-state index is 0.296. The largest absolute Gasteiger partial charge is 0.396 e. The highest BCUT2D eigenvalue weighted by molar-refractivity contribution is 7.99. The number of benzene rings is 2. The van der Waals surface area contributed by atoms with E-state index in [1.165, 1.54) is 20.9 Å². The summed E-state index contributed by atoms with van der Waals surface area (Å²) in [6.07, 6.45) is 1.98. The van der Waals surface area contributed by atoms with E-state index < -0.39 is 0 Å². The van der Waals surface area contributed by atoms with Crippen LogP contribution in [0.1, 0.15) is 23.6 Å². The summed E-state index contributed by atoms with van der Waals surface area (Å²) in [4.78, 5) is 7.95. The summed E-state index contributed by atoms with van der Waals surface area (Å²) in [6, 6.07) is 18.2. The molecule has 4 rings (SSSR count). The number of fused-ring (bicyclic) bond motifs is 2. The van der Waals surface area contributed by atoms with Gasteiger partial charge in [0, 0.05) is 55.2 Å². The average Bonchev–Trinajstić information content (AvgIpc) is 2.83. The quantitative estimate of drug-likeness (QED) is 0.910. The molecule has 0 aromatic heterocycles. The van der Waals surface area contributed by atoms with Gasteiger partial charge in [-0.05, 0) is 36.1 Å². The smallest absolute Gasteiger partial charge is 0.0443 e. The molecule has 1 saturated heterocycles. The molecule has 2 aliphatic heterocycles. The molecule has 2 aliphatic rings. The van der Waals surface area contributed by atoms with Gasteiger partial charge in [0.05, 0.1) is 0 Å². The van der Waals surface area contributed by atoms with Crippen molar-refractivity contribution in [2.24, 2.45) is 0 Å². The van der Waals surface area contributed by atoms with Gasteiger partial charge in [0.25, 0.3) is 0 Å². The Bertz CT molecular complexity index is 713. The van der Waals surface area contributed by atoms with Crippen LogP contribution < -0.4 is 0 Å². The van der Waals surface area contributed by atoms with Gasteiger partial charge in [0.15, 0.2) is 0 Å². The molecule has 3 nitrogen and oxygen atoms in total. The Labute approximate surface area is 154 Å². The first-order valence-corrected chi connectivity index (χ1v) is 10.1. The number of piperazine rings is 1. The Kier molecular flexibility index (Phi) is 5.42. The van der Waals surface area contributed by atoms with Crippen LogP contribution in [0.2, 0.25) is 0 Å². The lowest BCUT2D eigenvalue weighted by atomic mass is 9.96. The van der Waals surface area contributed by atoms with Gasteiger partial charge in [-0.15, -0.1) is 0 Å². The molecule has 0 bridgehead atoms. The second kappa shape index (κ2) is 7.92. The molecule has 132 valence electrons. The zero-order valence-electron chi connectivity index (χ0n) is 14.6. The molecule has 2 aromatic carbocycles. The Morgan fingerprint density at radius 2 is 1.64 bits per heavy atom. The molecule has 0 radical (unpaired) electrons. The highest BCUT2D eigenvalue weighted by atomic mass is 32.2. The monoisotopic (exact) mass is 354 g/mol. The Hall–Kier alpha value is -1.33. The van der Waals surface area contributed by atoms with Crippen LogP contribution in [0.3, 0.4) is 0 Å². The van der Waals surface area contributed by atoms with Gasteiger partial charge in [0.1, 0.15) is 0 Å². The summed E-state index contributed by atoms with van der Waals surface area (Å²) < 4.78 is 0. The number of nitrogens with zero attached hydrogens (tertiary/aromatic N) is 2. The van der Waals surface area contributed by atoms with E-state index in [0.717, 1.165) is 45.6 Å². The summed E-state index contributed by atoms with van der Waals surface area (Å²) >= 11 is 1.92. The minimum atomic E-state index is 0.296. The van der Waals surface area contributed by atoms with Crippen LogP contribution >= 0.6 is 11.8 Å². The van der Waals surface area contributed by atoms with Crippen molar-refractivity contribution in [1.82, 2.24) is 9.80 Å². The second-order valence-corrected chi connectivity index (χ2v) is 8.01. The third kappa shape index (κ3) is 3.77. The molecule has 1 fully saturated rings. The number of aliphatic hydroxyl groups excluding tert-OH is 1. The third-order valence-electron chi connectivity index (χ3n) is 5.36. The first-order chi connectivity index (χ1) is 12.3. The molecule has 1 atom stereocenters. The van der Waals surface area contributed by atoms with E-state index >= 15 is 0 Å². The standard InChI is InChI=1S/C21H26N2OS/c24-15-5-10-22-11-13-23(14-12-22)19-16-17-6-1-3-8-20(17)25-21-9-4-2-7-18(19)21/h1-4,6-9,19,24H,5,10-16H2. The zero-order valence-corrected chi connectivity index (χ0v) is 15.4. The SMILES string of the molecule is OCCCN1CCN(C2Cc3ccccc3Sc3ccccc32)CC1. The summed E-state index contributed by atoms with van der Waals surface area (Å²) in [5.41, 5.74) is 2.95. The molecular formula is C21H26N2OS. The normalized spacial score (nSPS) is 21.4. The Morgan fingerprint density at radius 1 is 0.920 bits per heavy atom. The number of aliphatic hydroxyl groups is 1. The second-order valence-electron chi connectivity index (χ2n) is 6.92. The van der Waals surface area contributed by atoms with Crippen LogP contribution in [0, 0.1) is 0 Å². The van der Waals surface area contributed by atoms with Crippen LogP contribution in [0.5, 0.6) is 0 Å². The maximum atomic E-state index is 9.05. The first kappa shape index (κ1) is 17.1. The van der Waals surface area contributed by atoms with E-state index in [9.17, 15) is 0 Å². The third-order valence-corrected chi connectivity index (χ3v) is 6.57. The van der Waals surface area contributed by atoms with Crippen LogP contribution in [0.25, 0.3) is 0 Å². The lowest BCUT2D eigenvalue weighted by Gasteiger charge is -2.39. The van der Waals surface area contributed by atoms with Crippen LogP contribution in [-0.2, 0) is 6.42 Å². The topological polar surface area (TPSA) is 26.7 Å². The highest BCUT2D eigenvalue weighted by Gasteiger charge is 2.29. The molecule has 0 saturated carbocycles. The predicted molar refractivity (Wildman–Crippen MR) is 103 cm³/mol. The molecule has 0 amide bonds. The number of hydrogen-bond donors (Lipinski definition) is 1. The number of hydrogen-bond acceptors (Lipinski definition) is 4. The zero-order chi connectivity index (χ0) is 17.1. The molecular weight excluding hydrogens is 328 g/mol. The van der Waals surface area contributed by atoms with E-state index in [0.29, 0.717) is 12.6 Å². The van der Waals surface area contributed by atoms with Crippen LogP contribution in [-0.4, -0.2) is 54.2 Å². The minimum Gasteiger partial charge on any atom is -0.396 e. The average molecular weight is 355 g/mol.